The van der Waals surface area contributed by atoms with E-state index >= 15 is 0 Å². The van der Waals surface area contributed by atoms with Crippen LogP contribution in [0.15, 0.2) is 22.1 Å². The number of hydrogen-bond acceptors (Lipinski definition) is 3. The van der Waals surface area contributed by atoms with Crippen LogP contribution in [0, 0.1) is 0 Å². The van der Waals surface area contributed by atoms with Crippen LogP contribution < -0.4 is 5.73 Å². The van der Waals surface area contributed by atoms with Crippen molar-refractivity contribution >= 4 is 43.2 Å². The molecule has 56 valence electrons. The maximum atomic E-state index is 5.72. The summed E-state index contributed by atoms with van der Waals surface area (Å²) >= 11 is 4.87. The molecule has 0 bridgehead atoms. The van der Waals surface area contributed by atoms with Crippen molar-refractivity contribution in [1.29, 1.82) is 0 Å². The van der Waals surface area contributed by atoms with E-state index in [4.69, 9.17) is 5.73 Å². The van der Waals surface area contributed by atoms with Crippen LogP contribution >= 0.6 is 27.3 Å². The minimum atomic E-state index is 0.797. The van der Waals surface area contributed by atoms with Gasteiger partial charge < -0.3 is 5.73 Å². The maximum Gasteiger partial charge on any atom is 0.160 e. The van der Waals surface area contributed by atoms with Gasteiger partial charge in [-0.1, -0.05) is 6.07 Å². The smallest absolute Gasteiger partial charge is 0.160 e. The molecule has 0 radical (unpaired) electrons. The largest absolute Gasteiger partial charge is 0.398 e. The Labute approximate surface area is 76.2 Å². The van der Waals surface area contributed by atoms with Gasteiger partial charge >= 0.3 is 0 Å². The number of nitrogens with two attached hydrogens (primary N) is 1. The molecule has 0 fully saturated rings. The molecule has 0 spiro atoms. The molecule has 0 aliphatic heterocycles. The van der Waals surface area contributed by atoms with E-state index < -0.39 is 0 Å². The minimum absolute atomic E-state index is 0.797. The van der Waals surface area contributed by atoms with Gasteiger partial charge in [-0.25, -0.2) is 4.98 Å². The fourth-order valence-corrected chi connectivity index (χ4v) is 2.34. The molecule has 2 aromatic rings. The highest BCUT2D eigenvalue weighted by Crippen LogP contribution is 2.29. The molecule has 0 amide bonds. The van der Waals surface area contributed by atoms with Gasteiger partial charge in [-0.3, -0.25) is 0 Å². The summed E-state index contributed by atoms with van der Waals surface area (Å²) in [7, 11) is 0. The molecule has 0 saturated carbocycles. The number of aromatic nitrogens is 1. The highest BCUT2D eigenvalue weighted by molar-refractivity contribution is 9.11. The Morgan fingerprint density at radius 3 is 3.00 bits per heavy atom. The van der Waals surface area contributed by atoms with Crippen LogP contribution in [0.2, 0.25) is 0 Å². The molecule has 2 nitrogen and oxygen atoms in total. The molecular formula is C7H5BrN2S. The zero-order chi connectivity index (χ0) is 7.84. The number of hydrogen-bond donors (Lipinski definition) is 1. The van der Waals surface area contributed by atoms with E-state index in [9.17, 15) is 0 Å². The Bertz CT molecular complexity index is 396. The first-order chi connectivity index (χ1) is 5.27. The third kappa shape index (κ3) is 1.12. The lowest BCUT2D eigenvalue weighted by Crippen LogP contribution is -1.82. The highest BCUT2D eigenvalue weighted by Gasteiger charge is 2.02. The predicted octanol–water partition coefficient (Wildman–Crippen LogP) is 2.64. The molecular weight excluding hydrogens is 224 g/mol. The van der Waals surface area contributed by atoms with Crippen LogP contribution in [0.1, 0.15) is 0 Å². The average molecular weight is 229 g/mol. The number of anilines is 1. The summed E-state index contributed by atoms with van der Waals surface area (Å²) in [5.41, 5.74) is 7.48. The van der Waals surface area contributed by atoms with Crippen LogP contribution in [0.4, 0.5) is 5.69 Å². The molecule has 1 heterocycles. The van der Waals surface area contributed by atoms with Gasteiger partial charge in [0.2, 0.25) is 0 Å². The van der Waals surface area contributed by atoms with Gasteiger partial charge in [0.1, 0.15) is 0 Å². The van der Waals surface area contributed by atoms with Gasteiger partial charge in [0, 0.05) is 0 Å². The Kier molecular flexibility index (Phi) is 1.58. The number of benzene rings is 1. The highest BCUT2D eigenvalue weighted by atomic mass is 79.9. The van der Waals surface area contributed by atoms with E-state index in [1.54, 1.807) is 11.3 Å². The lowest BCUT2D eigenvalue weighted by Gasteiger charge is -1.90. The van der Waals surface area contributed by atoms with E-state index in [0.717, 1.165) is 19.8 Å². The number of thiazole rings is 1. The number of nitrogen functional groups attached to an aromatic ring is 1. The number of rotatable bonds is 0. The SMILES string of the molecule is Nc1cccc2nc(Br)sc12. The predicted molar refractivity (Wildman–Crippen MR) is 51.7 cm³/mol. The van der Waals surface area contributed by atoms with Gasteiger partial charge in [0.15, 0.2) is 3.92 Å². The monoisotopic (exact) mass is 228 g/mol. The fraction of sp³-hybridized carbons (Fsp3) is 0. The van der Waals surface area contributed by atoms with E-state index in [2.05, 4.69) is 20.9 Å². The zero-order valence-electron chi connectivity index (χ0n) is 5.54. The first-order valence-corrected chi connectivity index (χ1v) is 4.69. The normalized spacial score (nSPS) is 10.6. The molecule has 4 heteroatoms. The Morgan fingerprint density at radius 1 is 1.45 bits per heavy atom. The van der Waals surface area contributed by atoms with Crippen LogP contribution in [0.25, 0.3) is 10.2 Å². The van der Waals surface area contributed by atoms with Crippen molar-refractivity contribution in [3.05, 3.63) is 22.1 Å². The summed E-state index contributed by atoms with van der Waals surface area (Å²) in [6.07, 6.45) is 0. The third-order valence-electron chi connectivity index (χ3n) is 1.42. The minimum Gasteiger partial charge on any atom is -0.398 e. The second-order valence-electron chi connectivity index (χ2n) is 2.16. The van der Waals surface area contributed by atoms with Gasteiger partial charge in [-0.15, -0.1) is 11.3 Å². The summed E-state index contributed by atoms with van der Waals surface area (Å²) in [5, 5.41) is 0. The first-order valence-electron chi connectivity index (χ1n) is 3.08. The number of halogens is 1. The average Bonchev–Trinajstić information content (AvgIpc) is 2.31. The van der Waals surface area contributed by atoms with Crippen molar-refractivity contribution in [3.8, 4) is 0 Å². The van der Waals surface area contributed by atoms with Crippen LogP contribution in [-0.2, 0) is 0 Å². The van der Waals surface area contributed by atoms with Gasteiger partial charge in [-0.05, 0) is 28.1 Å². The molecule has 2 rings (SSSR count). The standard InChI is InChI=1S/C7H5BrN2S/c8-7-10-5-3-1-2-4(9)6(5)11-7/h1-3H,9H2. The van der Waals surface area contributed by atoms with Gasteiger partial charge in [0.05, 0.1) is 15.9 Å². The summed E-state index contributed by atoms with van der Waals surface area (Å²) in [6, 6.07) is 5.74. The second kappa shape index (κ2) is 2.46. The molecule has 0 saturated heterocycles. The Hall–Kier alpha value is -0.610. The Morgan fingerprint density at radius 2 is 2.27 bits per heavy atom. The van der Waals surface area contributed by atoms with Gasteiger partial charge in [0.25, 0.3) is 0 Å². The van der Waals surface area contributed by atoms with E-state index in [-0.39, 0.29) is 0 Å². The zero-order valence-corrected chi connectivity index (χ0v) is 7.95. The maximum absolute atomic E-state index is 5.72. The van der Waals surface area contributed by atoms with Crippen molar-refractivity contribution in [3.63, 3.8) is 0 Å². The summed E-state index contributed by atoms with van der Waals surface area (Å²) in [4.78, 5) is 4.23. The van der Waals surface area contributed by atoms with E-state index in [1.807, 2.05) is 18.2 Å². The fourth-order valence-electron chi connectivity index (χ4n) is 0.943. The lowest BCUT2D eigenvalue weighted by molar-refractivity contribution is 1.45. The van der Waals surface area contributed by atoms with Crippen LogP contribution in [0.5, 0.6) is 0 Å². The van der Waals surface area contributed by atoms with E-state index in [0.29, 0.717) is 0 Å². The molecule has 0 aliphatic rings. The topological polar surface area (TPSA) is 38.9 Å². The van der Waals surface area contributed by atoms with Crippen molar-refractivity contribution in [2.75, 3.05) is 5.73 Å². The number of nitrogens with zero attached hydrogens (tertiary/aromatic N) is 1. The molecule has 1 aromatic carbocycles. The Balaban J connectivity index is 2.90. The summed E-state index contributed by atoms with van der Waals surface area (Å²) in [6.45, 7) is 0. The molecule has 0 aliphatic carbocycles. The summed E-state index contributed by atoms with van der Waals surface area (Å²) < 4.78 is 1.93. The summed E-state index contributed by atoms with van der Waals surface area (Å²) in [5.74, 6) is 0. The van der Waals surface area contributed by atoms with Crippen molar-refractivity contribution in [2.24, 2.45) is 0 Å². The first kappa shape index (κ1) is 7.06. The molecule has 0 unspecified atom stereocenters. The molecule has 2 N–H and O–H groups in total. The second-order valence-corrected chi connectivity index (χ2v) is 4.44. The quantitative estimate of drug-likeness (QED) is 0.705. The third-order valence-corrected chi connectivity index (χ3v) is 2.99. The molecule has 11 heavy (non-hydrogen) atoms. The van der Waals surface area contributed by atoms with Crippen molar-refractivity contribution in [2.45, 2.75) is 0 Å². The van der Waals surface area contributed by atoms with Crippen molar-refractivity contribution in [1.82, 2.24) is 4.98 Å². The van der Waals surface area contributed by atoms with E-state index in [1.165, 1.54) is 0 Å². The van der Waals surface area contributed by atoms with Crippen molar-refractivity contribution < 1.29 is 0 Å². The van der Waals surface area contributed by atoms with Crippen LogP contribution in [0.3, 0.4) is 0 Å². The molecule has 1 aromatic heterocycles. The molecule has 0 atom stereocenters. The number of fused-ring (bicyclic) bond motifs is 1. The van der Waals surface area contributed by atoms with Crippen LogP contribution in [-0.4, -0.2) is 4.98 Å². The lowest BCUT2D eigenvalue weighted by atomic mass is 10.3. The van der Waals surface area contributed by atoms with Gasteiger partial charge in [-0.2, -0.15) is 0 Å².